The van der Waals surface area contributed by atoms with Crippen LogP contribution in [0.15, 0.2) is 42.5 Å². The molecule has 0 aliphatic heterocycles. The number of carbonyl (C=O) groups is 1. The van der Waals surface area contributed by atoms with Crippen molar-refractivity contribution in [1.29, 1.82) is 0 Å². The predicted octanol–water partition coefficient (Wildman–Crippen LogP) is 3.24. The van der Waals surface area contributed by atoms with E-state index in [0.717, 1.165) is 5.56 Å². The summed E-state index contributed by atoms with van der Waals surface area (Å²) in [7, 11) is 0. The minimum atomic E-state index is -0.551. The van der Waals surface area contributed by atoms with Crippen molar-refractivity contribution in [2.45, 2.75) is 6.42 Å². The smallest absolute Gasteiger partial charge is 0.228 e. The lowest BCUT2D eigenvalue weighted by Gasteiger charge is -2.09. The molecule has 0 radical (unpaired) electrons. The fraction of sp³-hybridized carbons (Fsp3) is 0.0714. The van der Waals surface area contributed by atoms with Gasteiger partial charge in [0.05, 0.1) is 12.1 Å². The van der Waals surface area contributed by atoms with Crippen molar-refractivity contribution in [2.75, 3.05) is 11.1 Å². The fourth-order valence-electron chi connectivity index (χ4n) is 1.64. The van der Waals surface area contributed by atoms with Gasteiger partial charge in [-0.1, -0.05) is 29.8 Å². The van der Waals surface area contributed by atoms with Crippen LogP contribution < -0.4 is 11.1 Å². The van der Waals surface area contributed by atoms with Crippen molar-refractivity contribution < 1.29 is 9.18 Å². The fourth-order valence-corrected chi connectivity index (χ4v) is 1.77. The highest BCUT2D eigenvalue weighted by atomic mass is 35.5. The number of benzene rings is 2. The Labute approximate surface area is 115 Å². The molecule has 3 nitrogen and oxygen atoms in total. The highest BCUT2D eigenvalue weighted by molar-refractivity contribution is 6.30. The van der Waals surface area contributed by atoms with Crippen LogP contribution in [0, 0.1) is 5.82 Å². The van der Waals surface area contributed by atoms with Gasteiger partial charge in [0.1, 0.15) is 11.5 Å². The monoisotopic (exact) mass is 278 g/mol. The van der Waals surface area contributed by atoms with Crippen LogP contribution in [0.4, 0.5) is 15.8 Å². The summed E-state index contributed by atoms with van der Waals surface area (Å²) in [5, 5.41) is 3.07. The topological polar surface area (TPSA) is 55.1 Å². The van der Waals surface area contributed by atoms with E-state index in [0.29, 0.717) is 5.02 Å². The summed E-state index contributed by atoms with van der Waals surface area (Å²) in [6.45, 7) is 0. The first-order valence-corrected chi connectivity index (χ1v) is 6.02. The Kier molecular flexibility index (Phi) is 4.02. The SMILES string of the molecule is Nc1cccc(F)c1NC(=O)Cc1ccc(Cl)cc1. The van der Waals surface area contributed by atoms with Crippen LogP contribution in [0.2, 0.25) is 5.02 Å². The van der Waals surface area contributed by atoms with Gasteiger partial charge in [-0.15, -0.1) is 0 Å². The Hall–Kier alpha value is -2.07. The van der Waals surface area contributed by atoms with Gasteiger partial charge < -0.3 is 11.1 Å². The Morgan fingerprint density at radius 2 is 1.89 bits per heavy atom. The Bertz CT molecular complexity index is 579. The predicted molar refractivity (Wildman–Crippen MR) is 74.6 cm³/mol. The number of nitrogen functional groups attached to an aromatic ring is 1. The van der Waals surface area contributed by atoms with Crippen molar-refractivity contribution in [3.05, 3.63) is 58.9 Å². The number of amides is 1. The molecule has 0 heterocycles. The quantitative estimate of drug-likeness (QED) is 0.847. The third kappa shape index (κ3) is 3.45. The van der Waals surface area contributed by atoms with Crippen LogP contribution in [0.25, 0.3) is 0 Å². The van der Waals surface area contributed by atoms with Gasteiger partial charge in [0.2, 0.25) is 5.91 Å². The summed E-state index contributed by atoms with van der Waals surface area (Å²) in [6.07, 6.45) is 0.130. The molecule has 5 heteroatoms. The van der Waals surface area contributed by atoms with E-state index < -0.39 is 5.82 Å². The van der Waals surface area contributed by atoms with Crippen LogP contribution >= 0.6 is 11.6 Å². The molecule has 3 N–H and O–H groups in total. The number of anilines is 2. The van der Waals surface area contributed by atoms with Gasteiger partial charge in [0.15, 0.2) is 0 Å². The molecule has 2 rings (SSSR count). The van der Waals surface area contributed by atoms with Crippen molar-refractivity contribution in [1.82, 2.24) is 0 Å². The average Bonchev–Trinajstić information content (AvgIpc) is 2.37. The lowest BCUT2D eigenvalue weighted by Crippen LogP contribution is -2.16. The van der Waals surface area contributed by atoms with Crippen molar-refractivity contribution >= 4 is 28.9 Å². The van der Waals surface area contributed by atoms with Gasteiger partial charge in [-0.2, -0.15) is 0 Å². The molecule has 0 atom stereocenters. The number of carbonyl (C=O) groups excluding carboxylic acids is 1. The summed E-state index contributed by atoms with van der Waals surface area (Å²) in [6, 6.07) is 11.1. The zero-order chi connectivity index (χ0) is 13.8. The maximum atomic E-state index is 13.5. The first-order valence-electron chi connectivity index (χ1n) is 5.64. The molecule has 0 aromatic heterocycles. The zero-order valence-corrected chi connectivity index (χ0v) is 10.7. The standard InChI is InChI=1S/C14H12ClFN2O/c15-10-6-4-9(5-7-10)8-13(19)18-14-11(16)2-1-3-12(14)17/h1-7H,8,17H2,(H,18,19). The summed E-state index contributed by atoms with van der Waals surface area (Å²) in [4.78, 5) is 11.8. The van der Waals surface area contributed by atoms with Crippen LogP contribution in [-0.4, -0.2) is 5.91 Å². The zero-order valence-electron chi connectivity index (χ0n) is 9.99. The largest absolute Gasteiger partial charge is 0.397 e. The van der Waals surface area contributed by atoms with E-state index in [4.69, 9.17) is 17.3 Å². The minimum Gasteiger partial charge on any atom is -0.397 e. The molecule has 0 unspecified atom stereocenters. The van der Waals surface area contributed by atoms with Crippen LogP contribution in [0.1, 0.15) is 5.56 Å². The van der Waals surface area contributed by atoms with E-state index in [1.807, 2.05) is 0 Å². The summed E-state index contributed by atoms with van der Waals surface area (Å²) < 4.78 is 13.5. The summed E-state index contributed by atoms with van der Waals surface area (Å²) in [5.41, 5.74) is 6.61. The van der Waals surface area contributed by atoms with Gasteiger partial charge in [-0.05, 0) is 29.8 Å². The second-order valence-corrected chi connectivity index (χ2v) is 4.49. The molecule has 0 saturated carbocycles. The van der Waals surface area contributed by atoms with Crippen LogP contribution in [0.5, 0.6) is 0 Å². The number of nitrogens with two attached hydrogens (primary N) is 1. The molecule has 2 aromatic rings. The van der Waals surface area contributed by atoms with Crippen molar-refractivity contribution in [2.24, 2.45) is 0 Å². The van der Waals surface area contributed by atoms with E-state index in [1.54, 1.807) is 24.3 Å². The van der Waals surface area contributed by atoms with Crippen molar-refractivity contribution in [3.8, 4) is 0 Å². The number of nitrogens with one attached hydrogen (secondary N) is 1. The van der Waals surface area contributed by atoms with Crippen molar-refractivity contribution in [3.63, 3.8) is 0 Å². The highest BCUT2D eigenvalue weighted by Crippen LogP contribution is 2.22. The molecular weight excluding hydrogens is 267 g/mol. The number of hydrogen-bond donors (Lipinski definition) is 2. The molecule has 19 heavy (non-hydrogen) atoms. The molecule has 0 fully saturated rings. The Balaban J connectivity index is 2.07. The summed E-state index contributed by atoms with van der Waals surface area (Å²) in [5.74, 6) is -0.886. The molecule has 0 aliphatic carbocycles. The van der Waals surface area contributed by atoms with E-state index in [2.05, 4.69) is 5.32 Å². The minimum absolute atomic E-state index is 0.0152. The first kappa shape index (κ1) is 13.4. The van der Waals surface area contributed by atoms with Gasteiger partial charge in [-0.3, -0.25) is 4.79 Å². The van der Waals surface area contributed by atoms with E-state index in [9.17, 15) is 9.18 Å². The molecule has 1 amide bonds. The molecule has 98 valence electrons. The van der Waals surface area contributed by atoms with E-state index in [-0.39, 0.29) is 23.7 Å². The Morgan fingerprint density at radius 3 is 2.53 bits per heavy atom. The Morgan fingerprint density at radius 1 is 1.21 bits per heavy atom. The first-order chi connectivity index (χ1) is 9.06. The lowest BCUT2D eigenvalue weighted by atomic mass is 10.1. The summed E-state index contributed by atoms with van der Waals surface area (Å²) >= 11 is 5.75. The number of halogens is 2. The number of para-hydroxylation sites is 1. The van der Waals surface area contributed by atoms with Crippen LogP contribution in [0.3, 0.4) is 0 Å². The molecule has 2 aromatic carbocycles. The maximum absolute atomic E-state index is 13.5. The third-order valence-electron chi connectivity index (χ3n) is 2.59. The third-order valence-corrected chi connectivity index (χ3v) is 2.84. The van der Waals surface area contributed by atoms with E-state index >= 15 is 0 Å². The van der Waals surface area contributed by atoms with Gasteiger partial charge in [0, 0.05) is 5.02 Å². The molecular formula is C14H12ClFN2O. The molecule has 0 saturated heterocycles. The average molecular weight is 279 g/mol. The normalized spacial score (nSPS) is 10.2. The molecule has 0 aliphatic rings. The van der Waals surface area contributed by atoms with Gasteiger partial charge in [-0.25, -0.2) is 4.39 Å². The second kappa shape index (κ2) is 5.71. The maximum Gasteiger partial charge on any atom is 0.228 e. The number of rotatable bonds is 3. The molecule has 0 spiro atoms. The lowest BCUT2D eigenvalue weighted by molar-refractivity contribution is -0.115. The number of hydrogen-bond acceptors (Lipinski definition) is 2. The van der Waals surface area contributed by atoms with Gasteiger partial charge >= 0.3 is 0 Å². The van der Waals surface area contributed by atoms with Gasteiger partial charge in [0.25, 0.3) is 0 Å². The second-order valence-electron chi connectivity index (χ2n) is 4.06. The highest BCUT2D eigenvalue weighted by Gasteiger charge is 2.10. The molecule has 0 bridgehead atoms. The van der Waals surface area contributed by atoms with E-state index in [1.165, 1.54) is 18.2 Å². The van der Waals surface area contributed by atoms with Crippen LogP contribution in [-0.2, 0) is 11.2 Å².